The van der Waals surface area contributed by atoms with Crippen LogP contribution in [0.1, 0.15) is 15.9 Å². The molecule has 2 aromatic carbocycles. The number of carbonyl (C=O) groups excluding carboxylic acids is 1. The molecule has 202 valence electrons. The van der Waals surface area contributed by atoms with Gasteiger partial charge in [-0.25, -0.2) is 15.0 Å². The number of amides is 1. The second kappa shape index (κ2) is 13.6. The fourth-order valence-electron chi connectivity index (χ4n) is 4.39. The number of hydrogen-bond donors (Lipinski definition) is 2. The van der Waals surface area contributed by atoms with E-state index in [2.05, 4.69) is 62.7 Å². The van der Waals surface area contributed by atoms with Crippen LogP contribution in [0.2, 0.25) is 0 Å². The SMILES string of the molecule is O=C(Nc1ccc(Nc2nccc(-c3cnccn3)n2)cc1)c1ccc(CN2CCN(CCN=C=S)CC2)cc1. The summed E-state index contributed by atoms with van der Waals surface area (Å²) >= 11 is 4.63. The lowest BCUT2D eigenvalue weighted by Gasteiger charge is -2.34. The van der Waals surface area contributed by atoms with Crippen LogP contribution in [-0.2, 0) is 6.54 Å². The summed E-state index contributed by atoms with van der Waals surface area (Å²) < 4.78 is 0. The van der Waals surface area contributed by atoms with Crippen molar-refractivity contribution in [2.75, 3.05) is 49.9 Å². The van der Waals surface area contributed by atoms with Crippen LogP contribution in [0, 0.1) is 0 Å². The van der Waals surface area contributed by atoms with Crippen molar-refractivity contribution in [2.24, 2.45) is 4.99 Å². The zero-order valence-corrected chi connectivity index (χ0v) is 22.7. The molecule has 1 amide bonds. The molecule has 2 N–H and O–H groups in total. The summed E-state index contributed by atoms with van der Waals surface area (Å²) in [7, 11) is 0. The number of hydrogen-bond acceptors (Lipinski definition) is 10. The lowest BCUT2D eigenvalue weighted by molar-refractivity contribution is 0.102. The van der Waals surface area contributed by atoms with E-state index >= 15 is 0 Å². The largest absolute Gasteiger partial charge is 0.324 e. The number of thiocarbonyl (C=S) groups is 1. The fraction of sp³-hybridized carbons (Fsp3) is 0.241. The van der Waals surface area contributed by atoms with E-state index in [1.807, 2.05) is 48.5 Å². The number of benzene rings is 2. The van der Waals surface area contributed by atoms with Gasteiger partial charge in [0.2, 0.25) is 5.95 Å². The molecule has 0 spiro atoms. The molecule has 0 aliphatic carbocycles. The van der Waals surface area contributed by atoms with Crippen molar-refractivity contribution >= 4 is 40.6 Å². The lowest BCUT2D eigenvalue weighted by Crippen LogP contribution is -2.46. The number of aromatic nitrogens is 4. The van der Waals surface area contributed by atoms with Crippen LogP contribution in [0.3, 0.4) is 0 Å². The number of carbonyl (C=O) groups is 1. The average molecular weight is 552 g/mol. The highest BCUT2D eigenvalue weighted by molar-refractivity contribution is 7.78. The standard InChI is InChI=1S/C29H29N9OS/c39-28(23-3-1-22(2-4-23)20-38-17-15-37(16-18-38)14-13-31-21-40)34-24-5-7-25(8-6-24)35-29-33-10-9-26(36-29)27-19-30-11-12-32-27/h1-12,19H,13-18,20H2,(H,34,39)(H,33,35,36). The molecule has 0 bridgehead atoms. The maximum absolute atomic E-state index is 12.8. The Morgan fingerprint density at radius 3 is 2.35 bits per heavy atom. The minimum absolute atomic E-state index is 0.153. The van der Waals surface area contributed by atoms with Gasteiger partial charge in [-0.1, -0.05) is 12.1 Å². The van der Waals surface area contributed by atoms with Crippen LogP contribution in [-0.4, -0.2) is 80.1 Å². The molecule has 10 nitrogen and oxygen atoms in total. The quantitative estimate of drug-likeness (QED) is 0.222. The van der Waals surface area contributed by atoms with Gasteiger partial charge >= 0.3 is 0 Å². The van der Waals surface area contributed by atoms with E-state index < -0.39 is 0 Å². The Kier molecular flexibility index (Phi) is 9.23. The molecular weight excluding hydrogens is 522 g/mol. The molecule has 1 saturated heterocycles. The van der Waals surface area contributed by atoms with Crippen molar-refractivity contribution in [1.29, 1.82) is 0 Å². The van der Waals surface area contributed by atoms with Gasteiger partial charge in [-0.05, 0) is 60.2 Å². The highest BCUT2D eigenvalue weighted by Crippen LogP contribution is 2.20. The number of nitrogens with zero attached hydrogens (tertiary/aromatic N) is 7. The Labute approximate surface area is 238 Å². The Balaban J connectivity index is 1.11. The molecular formula is C29H29N9OS. The smallest absolute Gasteiger partial charge is 0.255 e. The van der Waals surface area contributed by atoms with E-state index in [-0.39, 0.29) is 5.91 Å². The second-order valence-electron chi connectivity index (χ2n) is 9.30. The molecule has 1 aliphatic heterocycles. The van der Waals surface area contributed by atoms with Gasteiger partial charge in [0.1, 0.15) is 5.69 Å². The van der Waals surface area contributed by atoms with Crippen molar-refractivity contribution in [1.82, 2.24) is 29.7 Å². The molecule has 1 aliphatic rings. The summed E-state index contributed by atoms with van der Waals surface area (Å²) in [5, 5.41) is 8.56. The molecule has 0 saturated carbocycles. The van der Waals surface area contributed by atoms with Gasteiger partial charge in [0, 0.05) is 74.8 Å². The first-order valence-corrected chi connectivity index (χ1v) is 13.4. The highest BCUT2D eigenvalue weighted by Gasteiger charge is 2.16. The molecule has 5 rings (SSSR count). The summed E-state index contributed by atoms with van der Waals surface area (Å²) in [6.45, 7) is 6.56. The third-order valence-corrected chi connectivity index (χ3v) is 6.69. The zero-order valence-electron chi connectivity index (χ0n) is 21.9. The first-order valence-electron chi connectivity index (χ1n) is 13.0. The molecule has 0 radical (unpaired) electrons. The van der Waals surface area contributed by atoms with Crippen LogP contribution in [0.25, 0.3) is 11.4 Å². The fourth-order valence-corrected chi connectivity index (χ4v) is 4.48. The maximum Gasteiger partial charge on any atom is 0.255 e. The van der Waals surface area contributed by atoms with Gasteiger partial charge in [0.25, 0.3) is 5.91 Å². The van der Waals surface area contributed by atoms with Crippen molar-refractivity contribution in [2.45, 2.75) is 6.54 Å². The predicted molar refractivity (Wildman–Crippen MR) is 159 cm³/mol. The number of anilines is 3. The molecule has 1 fully saturated rings. The summed E-state index contributed by atoms with van der Waals surface area (Å²) in [5.41, 5.74) is 4.64. The lowest BCUT2D eigenvalue weighted by atomic mass is 10.1. The highest BCUT2D eigenvalue weighted by atomic mass is 32.1. The van der Waals surface area contributed by atoms with Crippen LogP contribution in [0.15, 0.2) is 84.4 Å². The average Bonchev–Trinajstić information content (AvgIpc) is 3.00. The summed E-state index contributed by atoms with van der Waals surface area (Å²) in [4.78, 5) is 38.8. The topological polar surface area (TPSA) is 112 Å². The number of rotatable bonds is 10. The zero-order chi connectivity index (χ0) is 27.6. The van der Waals surface area contributed by atoms with E-state index in [0.717, 1.165) is 45.0 Å². The first kappa shape index (κ1) is 27.2. The molecule has 2 aromatic heterocycles. The first-order chi connectivity index (χ1) is 19.7. The van der Waals surface area contributed by atoms with E-state index in [4.69, 9.17) is 0 Å². The van der Waals surface area contributed by atoms with Gasteiger partial charge in [-0.15, -0.1) is 0 Å². The summed E-state index contributed by atoms with van der Waals surface area (Å²) in [5.74, 6) is 0.290. The number of piperazine rings is 1. The molecule has 0 unspecified atom stereocenters. The minimum atomic E-state index is -0.153. The van der Waals surface area contributed by atoms with E-state index in [9.17, 15) is 4.79 Å². The third-order valence-electron chi connectivity index (χ3n) is 6.56. The molecule has 11 heteroatoms. The number of isothiocyanates is 1. The van der Waals surface area contributed by atoms with Crippen molar-refractivity contribution in [3.05, 3.63) is 90.5 Å². The minimum Gasteiger partial charge on any atom is -0.324 e. The van der Waals surface area contributed by atoms with Gasteiger partial charge < -0.3 is 10.6 Å². The van der Waals surface area contributed by atoms with Crippen LogP contribution in [0.4, 0.5) is 17.3 Å². The third kappa shape index (κ3) is 7.58. The van der Waals surface area contributed by atoms with Crippen LogP contribution in [0.5, 0.6) is 0 Å². The van der Waals surface area contributed by atoms with Crippen molar-refractivity contribution in [3.63, 3.8) is 0 Å². The second-order valence-corrected chi connectivity index (χ2v) is 9.48. The monoisotopic (exact) mass is 551 g/mol. The van der Waals surface area contributed by atoms with Gasteiger partial charge in [-0.3, -0.25) is 24.6 Å². The van der Waals surface area contributed by atoms with Crippen LogP contribution < -0.4 is 10.6 Å². The normalized spacial score (nSPS) is 13.8. The van der Waals surface area contributed by atoms with E-state index in [1.165, 1.54) is 5.56 Å². The Morgan fingerprint density at radius 1 is 0.875 bits per heavy atom. The van der Waals surface area contributed by atoms with E-state index in [0.29, 0.717) is 35.1 Å². The van der Waals surface area contributed by atoms with Gasteiger partial charge in [-0.2, -0.15) is 0 Å². The predicted octanol–water partition coefficient (Wildman–Crippen LogP) is 4.15. The number of nitrogens with one attached hydrogen (secondary N) is 2. The maximum atomic E-state index is 12.8. The van der Waals surface area contributed by atoms with Crippen molar-refractivity contribution in [3.8, 4) is 11.4 Å². The molecule has 40 heavy (non-hydrogen) atoms. The van der Waals surface area contributed by atoms with E-state index in [1.54, 1.807) is 30.9 Å². The van der Waals surface area contributed by atoms with Crippen LogP contribution >= 0.6 is 12.2 Å². The summed E-state index contributed by atoms with van der Waals surface area (Å²) in [6.07, 6.45) is 6.56. The number of aliphatic imine (C=N–C) groups is 1. The molecule has 0 atom stereocenters. The molecule has 4 aromatic rings. The Morgan fingerprint density at radius 2 is 1.62 bits per heavy atom. The Bertz CT molecular complexity index is 1450. The Hall–Kier alpha value is -4.41. The van der Waals surface area contributed by atoms with Gasteiger partial charge in [0.15, 0.2) is 0 Å². The van der Waals surface area contributed by atoms with Crippen molar-refractivity contribution < 1.29 is 4.79 Å². The summed E-state index contributed by atoms with van der Waals surface area (Å²) in [6, 6.07) is 17.0. The van der Waals surface area contributed by atoms with Gasteiger partial charge in [0.05, 0.1) is 23.6 Å². The molecule has 3 heterocycles.